The zero-order chi connectivity index (χ0) is 14.7. The number of nitrogens with zero attached hydrogens (tertiary/aromatic N) is 1. The third-order valence-corrected chi connectivity index (χ3v) is 3.90. The minimum absolute atomic E-state index is 0.0165. The van der Waals surface area contributed by atoms with Crippen LogP contribution in [-0.2, 0) is 4.79 Å². The van der Waals surface area contributed by atoms with Gasteiger partial charge >= 0.3 is 0 Å². The topological polar surface area (TPSA) is 49.4 Å². The van der Waals surface area contributed by atoms with Gasteiger partial charge in [-0.25, -0.2) is 0 Å². The van der Waals surface area contributed by atoms with Gasteiger partial charge in [-0.15, -0.1) is 0 Å². The van der Waals surface area contributed by atoms with Gasteiger partial charge in [0.1, 0.15) is 0 Å². The highest BCUT2D eigenvalue weighted by Crippen LogP contribution is 2.29. The van der Waals surface area contributed by atoms with Gasteiger partial charge in [-0.3, -0.25) is 9.59 Å². The number of anilines is 1. The van der Waals surface area contributed by atoms with E-state index in [4.69, 9.17) is 11.6 Å². The highest BCUT2D eigenvalue weighted by Gasteiger charge is 2.21. The van der Waals surface area contributed by atoms with Gasteiger partial charge in [0.25, 0.3) is 0 Å². The Morgan fingerprint density at radius 2 is 1.90 bits per heavy atom. The highest BCUT2D eigenvalue weighted by atomic mass is 35.5. The third-order valence-electron chi connectivity index (χ3n) is 3.60. The molecule has 1 N–H and O–H groups in total. The van der Waals surface area contributed by atoms with Gasteiger partial charge in [0, 0.05) is 31.6 Å². The fourth-order valence-corrected chi connectivity index (χ4v) is 2.83. The molecule has 1 fully saturated rings. The lowest BCUT2D eigenvalue weighted by molar-refractivity contribution is -0.119. The summed E-state index contributed by atoms with van der Waals surface area (Å²) >= 11 is 6.26. The van der Waals surface area contributed by atoms with Crippen molar-refractivity contribution in [2.24, 2.45) is 0 Å². The second-order valence-corrected chi connectivity index (χ2v) is 5.59. The molecule has 0 atom stereocenters. The molecule has 1 saturated heterocycles. The number of Topliss-reactive ketones (excluding diaryl/α,β-unsaturated/α-hetero) is 1. The average Bonchev–Trinajstić information content (AvgIpc) is 2.39. The molecule has 4 nitrogen and oxygen atoms in total. The maximum Gasteiger partial charge on any atom is 0.217 e. The minimum Gasteiger partial charge on any atom is -0.370 e. The molecule has 0 saturated carbocycles. The average molecular weight is 295 g/mol. The van der Waals surface area contributed by atoms with Crippen LogP contribution in [0.4, 0.5) is 5.69 Å². The van der Waals surface area contributed by atoms with E-state index in [-0.39, 0.29) is 17.7 Å². The lowest BCUT2D eigenvalue weighted by Gasteiger charge is -2.34. The van der Waals surface area contributed by atoms with Crippen LogP contribution in [-0.4, -0.2) is 30.8 Å². The number of halogens is 1. The number of rotatable bonds is 3. The summed E-state index contributed by atoms with van der Waals surface area (Å²) in [5.74, 6) is 0.0371. The molecule has 108 valence electrons. The standard InChI is InChI=1S/C15H19ClN2O2/c1-10(19)12-3-4-15(14(16)9-12)18-7-5-13(6-8-18)17-11(2)20/h3-4,9,13H,5-8H2,1-2H3,(H,17,20). The maximum atomic E-state index is 11.3. The number of hydrogen-bond acceptors (Lipinski definition) is 3. The monoisotopic (exact) mass is 294 g/mol. The molecule has 2 rings (SSSR count). The van der Waals surface area contributed by atoms with Crippen LogP contribution >= 0.6 is 11.6 Å². The fourth-order valence-electron chi connectivity index (χ4n) is 2.53. The zero-order valence-electron chi connectivity index (χ0n) is 11.8. The molecule has 0 bridgehead atoms. The summed E-state index contributed by atoms with van der Waals surface area (Å²) in [5, 5.41) is 3.56. The van der Waals surface area contributed by atoms with Gasteiger partial charge in [0.15, 0.2) is 5.78 Å². The number of nitrogens with one attached hydrogen (secondary N) is 1. The van der Waals surface area contributed by atoms with Crippen molar-refractivity contribution in [1.29, 1.82) is 0 Å². The van der Waals surface area contributed by atoms with Crippen molar-refractivity contribution in [3.63, 3.8) is 0 Å². The summed E-state index contributed by atoms with van der Waals surface area (Å²) in [4.78, 5) is 24.6. The molecule has 0 spiro atoms. The molecule has 5 heteroatoms. The number of amides is 1. The first-order chi connectivity index (χ1) is 9.47. The predicted molar refractivity (Wildman–Crippen MR) is 80.5 cm³/mol. The Bertz CT molecular complexity index is 523. The molecule has 1 heterocycles. The Morgan fingerprint density at radius 1 is 1.25 bits per heavy atom. The largest absolute Gasteiger partial charge is 0.370 e. The number of carbonyl (C=O) groups excluding carboxylic acids is 2. The first kappa shape index (κ1) is 14.9. The van der Waals surface area contributed by atoms with E-state index >= 15 is 0 Å². The lowest BCUT2D eigenvalue weighted by Crippen LogP contribution is -2.44. The van der Waals surface area contributed by atoms with Crippen LogP contribution in [0.1, 0.15) is 37.0 Å². The highest BCUT2D eigenvalue weighted by molar-refractivity contribution is 6.33. The van der Waals surface area contributed by atoms with Crippen LogP contribution < -0.4 is 10.2 Å². The quantitative estimate of drug-likeness (QED) is 0.872. The summed E-state index contributed by atoms with van der Waals surface area (Å²) in [6.45, 7) is 4.78. The minimum atomic E-state index is 0.0165. The number of piperidine rings is 1. The van der Waals surface area contributed by atoms with E-state index in [2.05, 4.69) is 10.2 Å². The number of carbonyl (C=O) groups is 2. The normalized spacial score (nSPS) is 16.1. The van der Waals surface area contributed by atoms with Crippen LogP contribution in [0.2, 0.25) is 5.02 Å². The summed E-state index contributed by atoms with van der Waals surface area (Å²) in [6, 6.07) is 5.68. The summed E-state index contributed by atoms with van der Waals surface area (Å²) in [6.07, 6.45) is 1.81. The fraction of sp³-hybridized carbons (Fsp3) is 0.467. The molecule has 0 aliphatic carbocycles. The zero-order valence-corrected chi connectivity index (χ0v) is 12.5. The molecule has 0 aromatic heterocycles. The Labute approximate surface area is 124 Å². The van der Waals surface area contributed by atoms with Crippen molar-refractivity contribution in [1.82, 2.24) is 5.32 Å². The number of benzene rings is 1. The van der Waals surface area contributed by atoms with Crippen LogP contribution in [0.25, 0.3) is 0 Å². The van der Waals surface area contributed by atoms with E-state index in [1.165, 1.54) is 6.92 Å². The summed E-state index contributed by atoms with van der Waals surface area (Å²) in [7, 11) is 0. The smallest absolute Gasteiger partial charge is 0.217 e. The van der Waals surface area contributed by atoms with E-state index in [1.807, 2.05) is 12.1 Å². The Balaban J connectivity index is 2.03. The van der Waals surface area contributed by atoms with Crippen molar-refractivity contribution >= 4 is 29.0 Å². The number of ketones is 1. The molecule has 0 radical (unpaired) electrons. The van der Waals surface area contributed by atoms with Crippen molar-refractivity contribution < 1.29 is 9.59 Å². The van der Waals surface area contributed by atoms with Crippen molar-refractivity contribution in [2.45, 2.75) is 32.7 Å². The number of hydrogen-bond donors (Lipinski definition) is 1. The third kappa shape index (κ3) is 3.51. The van der Waals surface area contributed by atoms with E-state index in [0.29, 0.717) is 10.6 Å². The molecular weight excluding hydrogens is 276 g/mol. The van der Waals surface area contributed by atoms with Crippen molar-refractivity contribution in [3.8, 4) is 0 Å². The Hall–Kier alpha value is -1.55. The molecule has 0 unspecified atom stereocenters. The van der Waals surface area contributed by atoms with Gasteiger partial charge in [-0.1, -0.05) is 11.6 Å². The first-order valence-corrected chi connectivity index (χ1v) is 7.17. The molecular formula is C15H19ClN2O2. The van der Waals surface area contributed by atoms with Crippen LogP contribution in [0.5, 0.6) is 0 Å². The predicted octanol–water partition coefficient (Wildman–Crippen LogP) is 2.65. The molecule has 1 aromatic carbocycles. The Kier molecular flexibility index (Phi) is 4.65. The van der Waals surface area contributed by atoms with Crippen LogP contribution in [0.3, 0.4) is 0 Å². The van der Waals surface area contributed by atoms with E-state index in [9.17, 15) is 9.59 Å². The van der Waals surface area contributed by atoms with Crippen LogP contribution in [0, 0.1) is 0 Å². The Morgan fingerprint density at radius 3 is 2.40 bits per heavy atom. The second-order valence-electron chi connectivity index (χ2n) is 5.18. The van der Waals surface area contributed by atoms with Gasteiger partial charge in [-0.05, 0) is 38.0 Å². The molecule has 1 aromatic rings. The molecule has 1 amide bonds. The second kappa shape index (κ2) is 6.27. The van der Waals surface area contributed by atoms with Gasteiger partial charge in [0.2, 0.25) is 5.91 Å². The molecule has 20 heavy (non-hydrogen) atoms. The van der Waals surface area contributed by atoms with E-state index < -0.39 is 0 Å². The van der Waals surface area contributed by atoms with Gasteiger partial charge in [-0.2, -0.15) is 0 Å². The van der Waals surface area contributed by atoms with Crippen molar-refractivity contribution in [3.05, 3.63) is 28.8 Å². The SMILES string of the molecule is CC(=O)NC1CCN(c2ccc(C(C)=O)cc2Cl)CC1. The molecule has 1 aliphatic heterocycles. The summed E-state index contributed by atoms with van der Waals surface area (Å²) < 4.78 is 0. The summed E-state index contributed by atoms with van der Waals surface area (Å²) in [5.41, 5.74) is 1.59. The maximum absolute atomic E-state index is 11.3. The van der Waals surface area contributed by atoms with Crippen LogP contribution in [0.15, 0.2) is 18.2 Å². The molecule has 1 aliphatic rings. The van der Waals surface area contributed by atoms with Gasteiger partial charge < -0.3 is 10.2 Å². The van der Waals surface area contributed by atoms with Crippen molar-refractivity contribution in [2.75, 3.05) is 18.0 Å². The van der Waals surface area contributed by atoms with E-state index in [1.54, 1.807) is 13.0 Å². The first-order valence-electron chi connectivity index (χ1n) is 6.80. The lowest BCUT2D eigenvalue weighted by atomic mass is 10.0. The van der Waals surface area contributed by atoms with E-state index in [0.717, 1.165) is 31.6 Å². The van der Waals surface area contributed by atoms with Gasteiger partial charge in [0.05, 0.1) is 10.7 Å².